The zero-order valence-corrected chi connectivity index (χ0v) is 10.2. The molecule has 1 rings (SSSR count). The van der Waals surface area contributed by atoms with Gasteiger partial charge in [-0.05, 0) is 6.92 Å². The van der Waals surface area contributed by atoms with Crippen LogP contribution in [-0.2, 0) is 16.0 Å². The van der Waals surface area contributed by atoms with Gasteiger partial charge in [-0.2, -0.15) is 0 Å². The first-order chi connectivity index (χ1) is 8.12. The van der Waals surface area contributed by atoms with E-state index in [9.17, 15) is 9.59 Å². The van der Waals surface area contributed by atoms with Gasteiger partial charge in [0.05, 0.1) is 7.11 Å². The van der Waals surface area contributed by atoms with E-state index in [1.165, 1.54) is 12.0 Å². The number of ether oxygens (including phenoxy) is 1. The number of nitrogens with one attached hydrogen (secondary N) is 1. The molecule has 0 fully saturated rings. The van der Waals surface area contributed by atoms with Crippen LogP contribution in [0.3, 0.4) is 0 Å². The van der Waals surface area contributed by atoms with Crippen LogP contribution >= 0.6 is 0 Å². The first kappa shape index (κ1) is 13.1. The second-order valence-corrected chi connectivity index (χ2v) is 3.35. The van der Waals surface area contributed by atoms with Crippen LogP contribution in [0.15, 0.2) is 0 Å². The number of rotatable bonds is 5. The molecule has 94 valence electrons. The second-order valence-electron chi connectivity index (χ2n) is 3.35. The fourth-order valence-corrected chi connectivity index (χ4v) is 1.24. The van der Waals surface area contributed by atoms with Gasteiger partial charge in [0.25, 0.3) is 5.91 Å². The van der Waals surface area contributed by atoms with Crippen molar-refractivity contribution in [1.82, 2.24) is 20.1 Å². The smallest absolute Gasteiger partial charge is 0.325 e. The van der Waals surface area contributed by atoms with Gasteiger partial charge in [-0.1, -0.05) is 6.92 Å². The monoisotopic (exact) mass is 240 g/mol. The zero-order valence-electron chi connectivity index (χ0n) is 10.2. The van der Waals surface area contributed by atoms with Crippen LogP contribution in [0.25, 0.3) is 0 Å². The minimum absolute atomic E-state index is 0.0765. The van der Waals surface area contributed by atoms with E-state index in [4.69, 9.17) is 0 Å². The standard InChI is InChI=1S/C10H16N4O3/c1-4-7-11-9(13-12-7)10(16)14(5-2)6-8(15)17-3/h4-6H2,1-3H3,(H,11,12,13). The molecule has 0 atom stereocenters. The molecule has 0 unspecified atom stereocenters. The molecular formula is C10H16N4O3. The van der Waals surface area contributed by atoms with Gasteiger partial charge in [0, 0.05) is 13.0 Å². The molecule has 0 saturated carbocycles. The van der Waals surface area contributed by atoms with Crippen molar-refractivity contribution in [2.75, 3.05) is 20.2 Å². The van der Waals surface area contributed by atoms with Crippen LogP contribution < -0.4 is 0 Å². The van der Waals surface area contributed by atoms with E-state index in [1.807, 2.05) is 6.92 Å². The summed E-state index contributed by atoms with van der Waals surface area (Å²) in [6, 6.07) is 0. The summed E-state index contributed by atoms with van der Waals surface area (Å²) < 4.78 is 4.51. The summed E-state index contributed by atoms with van der Waals surface area (Å²) in [4.78, 5) is 28.4. The number of H-pyrrole nitrogens is 1. The van der Waals surface area contributed by atoms with Crippen LogP contribution in [0.4, 0.5) is 0 Å². The van der Waals surface area contributed by atoms with Crippen LogP contribution in [-0.4, -0.2) is 52.2 Å². The van der Waals surface area contributed by atoms with E-state index in [-0.39, 0.29) is 18.3 Å². The lowest BCUT2D eigenvalue weighted by atomic mass is 10.4. The molecule has 0 saturated heterocycles. The highest BCUT2D eigenvalue weighted by Gasteiger charge is 2.21. The number of methoxy groups -OCH3 is 1. The molecule has 7 heteroatoms. The molecule has 0 radical (unpaired) electrons. The topological polar surface area (TPSA) is 88.2 Å². The predicted molar refractivity (Wildman–Crippen MR) is 59.4 cm³/mol. The number of amides is 1. The van der Waals surface area contributed by atoms with Gasteiger partial charge < -0.3 is 9.64 Å². The summed E-state index contributed by atoms with van der Waals surface area (Å²) in [5.74, 6) is -0.129. The van der Waals surface area contributed by atoms with Crippen LogP contribution in [0.2, 0.25) is 0 Å². The van der Waals surface area contributed by atoms with Crippen molar-refractivity contribution in [3.63, 3.8) is 0 Å². The fraction of sp³-hybridized carbons (Fsp3) is 0.600. The first-order valence-electron chi connectivity index (χ1n) is 5.39. The Balaban J connectivity index is 2.75. The molecular weight excluding hydrogens is 224 g/mol. The van der Waals surface area contributed by atoms with Crippen molar-refractivity contribution in [2.24, 2.45) is 0 Å². The Hall–Kier alpha value is -1.92. The van der Waals surface area contributed by atoms with Crippen molar-refractivity contribution in [3.05, 3.63) is 11.6 Å². The van der Waals surface area contributed by atoms with Crippen molar-refractivity contribution in [2.45, 2.75) is 20.3 Å². The fourth-order valence-electron chi connectivity index (χ4n) is 1.24. The van der Waals surface area contributed by atoms with E-state index in [0.29, 0.717) is 18.8 Å². The van der Waals surface area contributed by atoms with Crippen LogP contribution in [0, 0.1) is 0 Å². The molecule has 1 amide bonds. The minimum atomic E-state index is -0.466. The van der Waals surface area contributed by atoms with Crippen molar-refractivity contribution in [1.29, 1.82) is 0 Å². The van der Waals surface area contributed by atoms with Crippen molar-refractivity contribution in [3.8, 4) is 0 Å². The number of carbonyl (C=O) groups excluding carboxylic acids is 2. The number of hydrogen-bond donors (Lipinski definition) is 1. The summed E-state index contributed by atoms with van der Waals surface area (Å²) >= 11 is 0. The summed E-state index contributed by atoms with van der Waals surface area (Å²) in [6.07, 6.45) is 0.670. The number of hydrogen-bond acceptors (Lipinski definition) is 5. The van der Waals surface area contributed by atoms with Gasteiger partial charge >= 0.3 is 5.97 Å². The Labute approximate surface area is 99.2 Å². The molecule has 1 aromatic rings. The third kappa shape index (κ3) is 3.27. The van der Waals surface area contributed by atoms with E-state index in [1.54, 1.807) is 6.92 Å². The van der Waals surface area contributed by atoms with Gasteiger partial charge in [0.1, 0.15) is 12.4 Å². The molecule has 0 aromatic carbocycles. The highest BCUT2D eigenvalue weighted by molar-refractivity contribution is 5.92. The quantitative estimate of drug-likeness (QED) is 0.732. The SMILES string of the molecule is CCc1nc(C(=O)N(CC)CC(=O)OC)n[nH]1. The molecule has 1 heterocycles. The largest absolute Gasteiger partial charge is 0.468 e. The lowest BCUT2D eigenvalue weighted by Gasteiger charge is -2.17. The highest BCUT2D eigenvalue weighted by Crippen LogP contribution is 2.00. The molecule has 1 N–H and O–H groups in total. The lowest BCUT2D eigenvalue weighted by Crippen LogP contribution is -2.36. The molecule has 1 aromatic heterocycles. The van der Waals surface area contributed by atoms with Gasteiger partial charge in [-0.15, -0.1) is 5.10 Å². The lowest BCUT2D eigenvalue weighted by molar-refractivity contribution is -0.141. The maximum Gasteiger partial charge on any atom is 0.325 e. The molecule has 0 aliphatic carbocycles. The number of aromatic amines is 1. The first-order valence-corrected chi connectivity index (χ1v) is 5.39. The van der Waals surface area contributed by atoms with Gasteiger partial charge in [-0.25, -0.2) is 4.98 Å². The number of esters is 1. The average Bonchev–Trinajstić information content (AvgIpc) is 2.83. The number of likely N-dealkylation sites (N-methyl/N-ethyl adjacent to an activating group) is 1. The average molecular weight is 240 g/mol. The predicted octanol–water partition coefficient (Wildman–Crippen LogP) is 0.00220. The normalized spacial score (nSPS) is 10.1. The summed E-state index contributed by atoms with van der Waals surface area (Å²) in [5.41, 5.74) is 0. The zero-order chi connectivity index (χ0) is 12.8. The molecule has 0 spiro atoms. The van der Waals surface area contributed by atoms with E-state index >= 15 is 0 Å². The highest BCUT2D eigenvalue weighted by atomic mass is 16.5. The Morgan fingerprint density at radius 2 is 2.12 bits per heavy atom. The molecule has 0 aliphatic heterocycles. The van der Waals surface area contributed by atoms with E-state index < -0.39 is 5.97 Å². The van der Waals surface area contributed by atoms with Crippen molar-refractivity contribution < 1.29 is 14.3 Å². The summed E-state index contributed by atoms with van der Waals surface area (Å²) in [6.45, 7) is 3.97. The Bertz CT molecular complexity index is 402. The second kappa shape index (κ2) is 5.97. The van der Waals surface area contributed by atoms with Gasteiger partial charge in [0.15, 0.2) is 0 Å². The summed E-state index contributed by atoms with van der Waals surface area (Å²) in [7, 11) is 1.28. The third-order valence-corrected chi connectivity index (χ3v) is 2.27. The molecule has 17 heavy (non-hydrogen) atoms. The number of carbonyl (C=O) groups is 2. The van der Waals surface area contributed by atoms with Crippen molar-refractivity contribution >= 4 is 11.9 Å². The third-order valence-electron chi connectivity index (χ3n) is 2.27. The maximum atomic E-state index is 11.9. The van der Waals surface area contributed by atoms with Gasteiger partial charge in [-0.3, -0.25) is 14.7 Å². The van der Waals surface area contributed by atoms with Gasteiger partial charge in [0.2, 0.25) is 5.82 Å². The number of aryl methyl sites for hydroxylation is 1. The molecule has 0 bridgehead atoms. The Kier molecular flexibility index (Phi) is 4.62. The minimum Gasteiger partial charge on any atom is -0.468 e. The number of aromatic nitrogens is 3. The van der Waals surface area contributed by atoms with E-state index in [2.05, 4.69) is 19.9 Å². The Morgan fingerprint density at radius 3 is 2.59 bits per heavy atom. The van der Waals surface area contributed by atoms with E-state index in [0.717, 1.165) is 0 Å². The molecule has 7 nitrogen and oxygen atoms in total. The van der Waals surface area contributed by atoms with Crippen LogP contribution in [0.1, 0.15) is 30.3 Å². The maximum absolute atomic E-state index is 11.9. The van der Waals surface area contributed by atoms with Crippen LogP contribution in [0.5, 0.6) is 0 Å². The Morgan fingerprint density at radius 1 is 1.41 bits per heavy atom. The number of nitrogens with zero attached hydrogens (tertiary/aromatic N) is 3. The molecule has 0 aliphatic rings. The summed E-state index contributed by atoms with van der Waals surface area (Å²) in [5, 5.41) is 6.47.